The molecule has 0 aromatic carbocycles. The van der Waals surface area contributed by atoms with Crippen molar-refractivity contribution < 1.29 is 9.90 Å². The summed E-state index contributed by atoms with van der Waals surface area (Å²) in [6, 6.07) is -0.179. The third-order valence-corrected chi connectivity index (χ3v) is 3.46. The molecular formula is C11H20N2O2. The van der Waals surface area contributed by atoms with Crippen molar-refractivity contribution >= 4 is 5.91 Å². The van der Waals surface area contributed by atoms with E-state index in [9.17, 15) is 9.90 Å². The zero-order valence-corrected chi connectivity index (χ0v) is 9.04. The quantitative estimate of drug-likeness (QED) is 0.618. The molecule has 4 heteroatoms. The molecular weight excluding hydrogens is 192 g/mol. The molecule has 0 radical (unpaired) electrons. The molecule has 0 spiro atoms. The molecule has 0 unspecified atom stereocenters. The van der Waals surface area contributed by atoms with Crippen LogP contribution in [0.2, 0.25) is 0 Å². The molecule has 3 N–H and O–H groups in total. The van der Waals surface area contributed by atoms with Gasteiger partial charge in [-0.3, -0.25) is 4.79 Å². The Labute approximate surface area is 90.4 Å². The highest BCUT2D eigenvalue weighted by Gasteiger charge is 2.28. The summed E-state index contributed by atoms with van der Waals surface area (Å²) in [6.07, 6.45) is 5.31. The molecule has 2 fully saturated rings. The van der Waals surface area contributed by atoms with Gasteiger partial charge in [-0.2, -0.15) is 0 Å². The summed E-state index contributed by atoms with van der Waals surface area (Å²) in [6.45, 7) is 1.36. The maximum atomic E-state index is 11.7. The number of rotatable bonds is 3. The molecule has 86 valence electrons. The predicted molar refractivity (Wildman–Crippen MR) is 57.4 cm³/mol. The van der Waals surface area contributed by atoms with Gasteiger partial charge in [0.25, 0.3) is 0 Å². The van der Waals surface area contributed by atoms with E-state index in [0.29, 0.717) is 18.9 Å². The molecule has 0 bridgehead atoms. The van der Waals surface area contributed by atoms with Crippen molar-refractivity contribution in [1.29, 1.82) is 0 Å². The Hall–Kier alpha value is -0.610. The van der Waals surface area contributed by atoms with Crippen LogP contribution in [0.4, 0.5) is 0 Å². The van der Waals surface area contributed by atoms with Gasteiger partial charge in [-0.25, -0.2) is 0 Å². The maximum absolute atomic E-state index is 11.7. The van der Waals surface area contributed by atoms with Crippen LogP contribution < -0.4 is 10.6 Å². The predicted octanol–water partition coefficient (Wildman–Crippen LogP) is 0.0156. The zero-order valence-electron chi connectivity index (χ0n) is 9.04. The van der Waals surface area contributed by atoms with E-state index in [4.69, 9.17) is 0 Å². The van der Waals surface area contributed by atoms with Crippen molar-refractivity contribution in [3.05, 3.63) is 0 Å². The second-order valence-electron chi connectivity index (χ2n) is 4.75. The Balaban J connectivity index is 1.67. The number of amides is 1. The standard InChI is InChI=1S/C11H20N2O2/c14-9-5-10(12-7-9)11(15)13-6-8-3-1-2-4-8/h8-10,12,14H,1-7H2,(H,13,15)/t9-,10+/m0/s1. The van der Waals surface area contributed by atoms with Crippen LogP contribution in [0.15, 0.2) is 0 Å². The van der Waals surface area contributed by atoms with Crippen molar-refractivity contribution in [3.8, 4) is 0 Å². The lowest BCUT2D eigenvalue weighted by atomic mass is 10.1. The molecule has 1 saturated heterocycles. The molecule has 4 nitrogen and oxygen atoms in total. The van der Waals surface area contributed by atoms with E-state index >= 15 is 0 Å². The summed E-state index contributed by atoms with van der Waals surface area (Å²) in [5.74, 6) is 0.735. The average molecular weight is 212 g/mol. The average Bonchev–Trinajstić information content (AvgIpc) is 2.84. The van der Waals surface area contributed by atoms with Gasteiger partial charge in [-0.15, -0.1) is 0 Å². The zero-order chi connectivity index (χ0) is 10.7. The molecule has 1 amide bonds. The van der Waals surface area contributed by atoms with Crippen LogP contribution in [-0.4, -0.2) is 36.2 Å². The number of β-amino-alcohol motifs (C(OH)–C–C–N with tert-alkyl or cyclic N) is 1. The van der Waals surface area contributed by atoms with Crippen LogP contribution in [0.3, 0.4) is 0 Å². The number of aliphatic hydroxyl groups excluding tert-OH is 1. The third kappa shape index (κ3) is 2.92. The van der Waals surface area contributed by atoms with Gasteiger partial charge in [0.15, 0.2) is 0 Å². The summed E-state index contributed by atoms with van der Waals surface area (Å²) < 4.78 is 0. The first kappa shape index (κ1) is 10.9. The van der Waals surface area contributed by atoms with Gasteiger partial charge in [-0.1, -0.05) is 12.8 Å². The monoisotopic (exact) mass is 212 g/mol. The van der Waals surface area contributed by atoms with Crippen molar-refractivity contribution in [1.82, 2.24) is 10.6 Å². The highest BCUT2D eigenvalue weighted by molar-refractivity contribution is 5.82. The van der Waals surface area contributed by atoms with Gasteiger partial charge in [0, 0.05) is 13.1 Å². The van der Waals surface area contributed by atoms with Crippen molar-refractivity contribution in [2.45, 2.75) is 44.2 Å². The maximum Gasteiger partial charge on any atom is 0.237 e. The SMILES string of the molecule is O=C(NCC1CCCC1)[C@H]1C[C@H](O)CN1. The fourth-order valence-corrected chi connectivity index (χ4v) is 2.50. The Morgan fingerprint density at radius 3 is 2.73 bits per heavy atom. The molecule has 1 saturated carbocycles. The van der Waals surface area contributed by atoms with E-state index in [1.165, 1.54) is 25.7 Å². The minimum atomic E-state index is -0.354. The number of carbonyl (C=O) groups is 1. The molecule has 0 aromatic heterocycles. The van der Waals surface area contributed by atoms with Crippen LogP contribution in [0, 0.1) is 5.92 Å². The lowest BCUT2D eigenvalue weighted by molar-refractivity contribution is -0.123. The largest absolute Gasteiger partial charge is 0.392 e. The molecule has 1 heterocycles. The van der Waals surface area contributed by atoms with Crippen LogP contribution in [0.1, 0.15) is 32.1 Å². The molecule has 15 heavy (non-hydrogen) atoms. The molecule has 1 aliphatic heterocycles. The van der Waals surface area contributed by atoms with E-state index in [2.05, 4.69) is 10.6 Å². The Bertz CT molecular complexity index is 227. The molecule has 2 aliphatic rings. The second kappa shape index (κ2) is 4.94. The molecule has 2 rings (SSSR count). The first-order valence-corrected chi connectivity index (χ1v) is 5.95. The molecule has 2 atom stereocenters. The first-order chi connectivity index (χ1) is 7.25. The summed E-state index contributed by atoms with van der Waals surface area (Å²) in [5.41, 5.74) is 0. The lowest BCUT2D eigenvalue weighted by Gasteiger charge is -2.14. The normalized spacial score (nSPS) is 32.1. The molecule has 0 aromatic rings. The van der Waals surface area contributed by atoms with E-state index in [0.717, 1.165) is 6.54 Å². The van der Waals surface area contributed by atoms with Crippen molar-refractivity contribution in [2.24, 2.45) is 5.92 Å². The second-order valence-corrected chi connectivity index (χ2v) is 4.75. The lowest BCUT2D eigenvalue weighted by Crippen LogP contribution is -2.41. The fourth-order valence-electron chi connectivity index (χ4n) is 2.50. The van der Waals surface area contributed by atoms with Crippen LogP contribution in [-0.2, 0) is 4.79 Å². The highest BCUT2D eigenvalue weighted by atomic mass is 16.3. The van der Waals surface area contributed by atoms with Crippen LogP contribution in [0.5, 0.6) is 0 Å². The Kier molecular flexibility index (Phi) is 3.59. The number of hydrogen-bond donors (Lipinski definition) is 3. The minimum absolute atomic E-state index is 0.0541. The van der Waals surface area contributed by atoms with Gasteiger partial charge in [-0.05, 0) is 25.2 Å². The Morgan fingerprint density at radius 1 is 1.40 bits per heavy atom. The topological polar surface area (TPSA) is 61.4 Å². The van der Waals surface area contributed by atoms with Gasteiger partial charge >= 0.3 is 0 Å². The van der Waals surface area contributed by atoms with E-state index < -0.39 is 0 Å². The number of nitrogens with one attached hydrogen (secondary N) is 2. The first-order valence-electron chi connectivity index (χ1n) is 5.95. The fraction of sp³-hybridized carbons (Fsp3) is 0.909. The van der Waals surface area contributed by atoms with Crippen LogP contribution in [0.25, 0.3) is 0 Å². The van der Waals surface area contributed by atoms with Gasteiger partial charge in [0.2, 0.25) is 5.91 Å². The third-order valence-electron chi connectivity index (χ3n) is 3.46. The van der Waals surface area contributed by atoms with E-state index in [1.807, 2.05) is 0 Å². The number of aliphatic hydroxyl groups is 1. The van der Waals surface area contributed by atoms with E-state index in [1.54, 1.807) is 0 Å². The Morgan fingerprint density at radius 2 is 2.13 bits per heavy atom. The summed E-state index contributed by atoms with van der Waals surface area (Å²) in [7, 11) is 0. The van der Waals surface area contributed by atoms with Gasteiger partial charge in [0.05, 0.1) is 12.1 Å². The summed E-state index contributed by atoms with van der Waals surface area (Å²) in [5, 5.41) is 15.3. The number of hydrogen-bond acceptors (Lipinski definition) is 3. The highest BCUT2D eigenvalue weighted by Crippen LogP contribution is 2.23. The van der Waals surface area contributed by atoms with Crippen molar-refractivity contribution in [2.75, 3.05) is 13.1 Å². The van der Waals surface area contributed by atoms with Crippen molar-refractivity contribution in [3.63, 3.8) is 0 Å². The molecule has 1 aliphatic carbocycles. The van der Waals surface area contributed by atoms with Crippen LogP contribution >= 0.6 is 0 Å². The summed E-state index contributed by atoms with van der Waals surface area (Å²) >= 11 is 0. The van der Waals surface area contributed by atoms with Gasteiger partial charge in [0.1, 0.15) is 0 Å². The van der Waals surface area contributed by atoms with Gasteiger partial charge < -0.3 is 15.7 Å². The smallest absolute Gasteiger partial charge is 0.237 e. The summed E-state index contributed by atoms with van der Waals surface area (Å²) in [4.78, 5) is 11.7. The number of carbonyl (C=O) groups excluding carboxylic acids is 1. The minimum Gasteiger partial charge on any atom is -0.392 e. The van der Waals surface area contributed by atoms with E-state index in [-0.39, 0.29) is 18.1 Å².